The van der Waals surface area contributed by atoms with Crippen molar-refractivity contribution in [2.24, 2.45) is 5.92 Å². The Labute approximate surface area is 168 Å². The molecule has 2 atom stereocenters. The van der Waals surface area contributed by atoms with Gasteiger partial charge in [-0.1, -0.05) is 0 Å². The monoisotopic (exact) mass is 395 g/mol. The molecule has 0 bridgehead atoms. The molecule has 4 heterocycles. The number of fused-ring (bicyclic) bond motifs is 1. The summed E-state index contributed by atoms with van der Waals surface area (Å²) >= 11 is 0. The number of benzene rings is 1. The number of H-pyrrole nitrogens is 1. The molecule has 152 valence electrons. The molecule has 3 aromatic rings. The Morgan fingerprint density at radius 3 is 2.86 bits per heavy atom. The summed E-state index contributed by atoms with van der Waals surface area (Å²) in [7, 11) is 0. The Bertz CT molecular complexity index is 959. The number of nitrogens with zero attached hydrogens (tertiary/aromatic N) is 6. The normalized spacial score (nSPS) is 21.5. The highest BCUT2D eigenvalue weighted by atomic mass is 16.5. The number of aromatic nitrogens is 5. The topological polar surface area (TPSA) is 103 Å². The fourth-order valence-electron chi connectivity index (χ4n) is 4.37. The van der Waals surface area contributed by atoms with Crippen LogP contribution in [0.15, 0.2) is 30.6 Å². The first kappa shape index (κ1) is 18.3. The molecule has 2 saturated heterocycles. The molecule has 9 nitrogen and oxygen atoms in total. The lowest BCUT2D eigenvalue weighted by Crippen LogP contribution is -2.38. The molecule has 0 spiro atoms. The van der Waals surface area contributed by atoms with E-state index in [2.05, 4.69) is 53.6 Å². The van der Waals surface area contributed by atoms with Gasteiger partial charge in [0.1, 0.15) is 5.52 Å². The minimum absolute atomic E-state index is 0.124. The molecular formula is C20H25N7O2. The van der Waals surface area contributed by atoms with Crippen LogP contribution in [0, 0.1) is 5.92 Å². The number of aliphatic hydroxyl groups is 1. The van der Waals surface area contributed by atoms with Gasteiger partial charge in [0.2, 0.25) is 0 Å². The van der Waals surface area contributed by atoms with Crippen LogP contribution >= 0.6 is 0 Å². The summed E-state index contributed by atoms with van der Waals surface area (Å²) in [6.45, 7) is 4.89. The lowest BCUT2D eigenvalue weighted by Gasteiger charge is -2.35. The molecule has 29 heavy (non-hydrogen) atoms. The molecule has 2 aliphatic heterocycles. The molecular weight excluding hydrogens is 370 g/mol. The molecule has 0 saturated carbocycles. The second kappa shape index (κ2) is 7.92. The second-order valence-corrected chi connectivity index (χ2v) is 7.74. The maximum Gasteiger partial charge on any atom is 0.162 e. The Morgan fingerprint density at radius 1 is 1.14 bits per heavy atom. The third kappa shape index (κ3) is 3.63. The van der Waals surface area contributed by atoms with Crippen molar-refractivity contribution in [2.45, 2.75) is 18.9 Å². The largest absolute Gasteiger partial charge is 0.388 e. The number of morpholine rings is 1. The fraction of sp³-hybridized carbons (Fsp3) is 0.500. The van der Waals surface area contributed by atoms with E-state index in [1.807, 2.05) is 0 Å². The molecule has 5 rings (SSSR count). The van der Waals surface area contributed by atoms with Gasteiger partial charge < -0.3 is 19.6 Å². The third-order valence-electron chi connectivity index (χ3n) is 5.96. The van der Waals surface area contributed by atoms with Crippen LogP contribution in [-0.4, -0.2) is 70.1 Å². The molecule has 2 N–H and O–H groups in total. The number of hydrogen-bond acceptors (Lipinski definition) is 8. The maximum absolute atomic E-state index is 10.7. The highest BCUT2D eigenvalue weighted by Crippen LogP contribution is 2.33. The lowest BCUT2D eigenvalue weighted by molar-refractivity contribution is 0.0980. The van der Waals surface area contributed by atoms with Crippen LogP contribution in [0.25, 0.3) is 10.9 Å². The fourth-order valence-corrected chi connectivity index (χ4v) is 4.37. The van der Waals surface area contributed by atoms with E-state index in [0.717, 1.165) is 80.2 Å². The highest BCUT2D eigenvalue weighted by Gasteiger charge is 2.29. The number of hydrogen-bond donors (Lipinski definition) is 2. The number of ether oxygens (including phenoxy) is 1. The zero-order chi connectivity index (χ0) is 19.6. The lowest BCUT2D eigenvalue weighted by atomic mass is 9.89. The molecule has 0 aliphatic carbocycles. The van der Waals surface area contributed by atoms with Crippen molar-refractivity contribution in [3.05, 3.63) is 36.2 Å². The van der Waals surface area contributed by atoms with Gasteiger partial charge in [0.05, 0.1) is 25.5 Å². The van der Waals surface area contributed by atoms with Crippen LogP contribution in [0.2, 0.25) is 0 Å². The molecule has 2 fully saturated rings. The van der Waals surface area contributed by atoms with Crippen LogP contribution in [0.5, 0.6) is 0 Å². The van der Waals surface area contributed by atoms with Crippen molar-refractivity contribution in [1.29, 1.82) is 0 Å². The van der Waals surface area contributed by atoms with Gasteiger partial charge in [-0.05, 0) is 36.3 Å². The number of aromatic amines is 1. The van der Waals surface area contributed by atoms with Gasteiger partial charge in [0.25, 0.3) is 0 Å². The summed E-state index contributed by atoms with van der Waals surface area (Å²) in [4.78, 5) is 4.53. The zero-order valence-corrected chi connectivity index (χ0v) is 16.2. The van der Waals surface area contributed by atoms with Crippen molar-refractivity contribution in [3.63, 3.8) is 0 Å². The van der Waals surface area contributed by atoms with Gasteiger partial charge >= 0.3 is 0 Å². The molecule has 0 radical (unpaired) electrons. The first-order valence-corrected chi connectivity index (χ1v) is 10.2. The molecule has 9 heteroatoms. The van der Waals surface area contributed by atoms with Crippen molar-refractivity contribution in [2.75, 3.05) is 49.2 Å². The minimum atomic E-state index is -0.537. The van der Waals surface area contributed by atoms with Crippen molar-refractivity contribution in [3.8, 4) is 0 Å². The van der Waals surface area contributed by atoms with Crippen molar-refractivity contribution >= 4 is 22.4 Å². The van der Waals surface area contributed by atoms with Gasteiger partial charge in [0.15, 0.2) is 5.82 Å². The molecule has 1 unspecified atom stereocenters. The highest BCUT2D eigenvalue weighted by molar-refractivity contribution is 5.91. The first-order valence-electron chi connectivity index (χ1n) is 10.2. The Kier molecular flexibility index (Phi) is 4.99. The van der Waals surface area contributed by atoms with Crippen molar-refractivity contribution in [1.82, 2.24) is 25.6 Å². The molecule has 1 aromatic carbocycles. The minimum Gasteiger partial charge on any atom is -0.388 e. The van der Waals surface area contributed by atoms with Gasteiger partial charge in [-0.3, -0.25) is 5.10 Å². The molecule has 2 aromatic heterocycles. The predicted molar refractivity (Wildman–Crippen MR) is 109 cm³/mol. The van der Waals surface area contributed by atoms with Crippen LogP contribution in [-0.2, 0) is 4.74 Å². The van der Waals surface area contributed by atoms with Crippen LogP contribution < -0.4 is 9.80 Å². The zero-order valence-electron chi connectivity index (χ0n) is 16.2. The molecule has 0 amide bonds. The van der Waals surface area contributed by atoms with E-state index in [9.17, 15) is 5.11 Å². The quantitative estimate of drug-likeness (QED) is 0.686. The van der Waals surface area contributed by atoms with E-state index in [0.29, 0.717) is 0 Å². The molecule has 2 aliphatic rings. The summed E-state index contributed by atoms with van der Waals surface area (Å²) in [6, 6.07) is 6.30. The number of aliphatic hydroxyl groups excluding tert-OH is 1. The number of rotatable bonds is 4. The average molecular weight is 395 g/mol. The van der Waals surface area contributed by atoms with Gasteiger partial charge in [-0.15, -0.1) is 10.2 Å². The maximum atomic E-state index is 10.7. The summed E-state index contributed by atoms with van der Waals surface area (Å²) in [6.07, 6.45) is 4.89. The summed E-state index contributed by atoms with van der Waals surface area (Å²) in [5.74, 6) is 0.964. The van der Waals surface area contributed by atoms with E-state index in [1.165, 1.54) is 0 Å². The smallest absolute Gasteiger partial charge is 0.162 e. The SMILES string of the molecule is OC(c1cn[nH]c1)[C@H]1CCCN(c2nnnc3cc(N4CCOCC4)ccc23)C1. The summed E-state index contributed by atoms with van der Waals surface area (Å²) < 4.78 is 5.45. The summed E-state index contributed by atoms with van der Waals surface area (Å²) in [5, 5.41) is 31.2. The van der Waals surface area contributed by atoms with Crippen molar-refractivity contribution < 1.29 is 9.84 Å². The number of nitrogens with one attached hydrogen (secondary N) is 1. The van der Waals surface area contributed by atoms with E-state index < -0.39 is 6.10 Å². The van der Waals surface area contributed by atoms with Crippen LogP contribution in [0.1, 0.15) is 24.5 Å². The summed E-state index contributed by atoms with van der Waals surface area (Å²) in [5.41, 5.74) is 2.81. The Hall–Kier alpha value is -2.78. The average Bonchev–Trinajstić information content (AvgIpc) is 3.33. The Balaban J connectivity index is 1.40. The van der Waals surface area contributed by atoms with Gasteiger partial charge in [-0.25, -0.2) is 0 Å². The first-order chi connectivity index (χ1) is 14.3. The second-order valence-electron chi connectivity index (χ2n) is 7.74. The standard InChI is InChI=1S/C20H25N7O2/c28-19(15-11-21-22-12-15)14-2-1-5-27(13-14)20-17-4-3-16(10-18(17)23-25-24-20)26-6-8-29-9-7-26/h3-4,10-12,14,19,28H,1-2,5-9,13H2,(H,21,22)/t14-,19?/m0/s1. The third-order valence-corrected chi connectivity index (χ3v) is 5.96. The number of piperidine rings is 1. The predicted octanol–water partition coefficient (Wildman–Crippen LogP) is 1.53. The van der Waals surface area contributed by atoms with Gasteiger partial charge in [0, 0.05) is 54.9 Å². The van der Waals surface area contributed by atoms with E-state index >= 15 is 0 Å². The number of anilines is 2. The Morgan fingerprint density at radius 2 is 2.03 bits per heavy atom. The van der Waals surface area contributed by atoms with E-state index in [1.54, 1.807) is 12.4 Å². The van der Waals surface area contributed by atoms with E-state index in [-0.39, 0.29) is 5.92 Å². The van der Waals surface area contributed by atoms with E-state index in [4.69, 9.17) is 4.74 Å². The van der Waals surface area contributed by atoms with Crippen LogP contribution in [0.3, 0.4) is 0 Å². The van der Waals surface area contributed by atoms with Gasteiger partial charge in [-0.2, -0.15) is 5.10 Å². The van der Waals surface area contributed by atoms with Crippen LogP contribution in [0.4, 0.5) is 11.5 Å².